The van der Waals surface area contributed by atoms with Gasteiger partial charge in [-0.05, 0) is 31.0 Å². The van der Waals surface area contributed by atoms with Crippen LogP contribution in [-0.4, -0.2) is 18.4 Å². The number of ketones is 1. The van der Waals surface area contributed by atoms with Crippen LogP contribution in [0, 0.1) is 5.82 Å². The summed E-state index contributed by atoms with van der Waals surface area (Å²) in [6.45, 7) is -0.342. The SMILES string of the molecule is O=C(COC(=O)C1(c2ccccc2F)CCCC1)c1cccc(Br)c1. The zero-order valence-corrected chi connectivity index (χ0v) is 15.2. The van der Waals surface area contributed by atoms with E-state index in [0.29, 0.717) is 24.0 Å². The predicted molar refractivity (Wildman–Crippen MR) is 96.0 cm³/mol. The second kappa shape index (κ2) is 7.48. The summed E-state index contributed by atoms with van der Waals surface area (Å²) >= 11 is 3.31. The molecule has 0 radical (unpaired) electrons. The Morgan fingerprint density at radius 2 is 1.80 bits per heavy atom. The van der Waals surface area contributed by atoms with E-state index >= 15 is 0 Å². The van der Waals surface area contributed by atoms with Crippen LogP contribution in [0.1, 0.15) is 41.6 Å². The molecule has 2 aromatic rings. The van der Waals surface area contributed by atoms with Crippen molar-refractivity contribution in [1.29, 1.82) is 0 Å². The second-order valence-electron chi connectivity index (χ2n) is 6.28. The fourth-order valence-corrected chi connectivity index (χ4v) is 3.83. The lowest BCUT2D eigenvalue weighted by Crippen LogP contribution is -2.36. The van der Waals surface area contributed by atoms with Crippen molar-refractivity contribution in [3.8, 4) is 0 Å². The van der Waals surface area contributed by atoms with Crippen molar-refractivity contribution < 1.29 is 18.7 Å². The third kappa shape index (κ3) is 3.66. The zero-order chi connectivity index (χ0) is 17.9. The molecule has 130 valence electrons. The van der Waals surface area contributed by atoms with Gasteiger partial charge in [-0.3, -0.25) is 9.59 Å². The summed E-state index contributed by atoms with van der Waals surface area (Å²) in [5, 5.41) is 0. The standard InChI is InChI=1S/C20H18BrFO3/c21-15-7-5-6-14(12-15)18(23)13-25-19(24)20(10-3-4-11-20)16-8-1-2-9-17(16)22/h1-2,5-9,12H,3-4,10-11,13H2. The minimum absolute atomic E-state index is 0.281. The number of hydrogen-bond donors (Lipinski definition) is 0. The van der Waals surface area contributed by atoms with Crippen LogP contribution >= 0.6 is 15.9 Å². The van der Waals surface area contributed by atoms with Crippen molar-refractivity contribution in [3.05, 3.63) is 69.9 Å². The van der Waals surface area contributed by atoms with Gasteiger partial charge in [0.15, 0.2) is 12.4 Å². The van der Waals surface area contributed by atoms with E-state index in [2.05, 4.69) is 15.9 Å². The molecule has 0 N–H and O–H groups in total. The van der Waals surface area contributed by atoms with Crippen molar-refractivity contribution in [2.24, 2.45) is 0 Å². The van der Waals surface area contributed by atoms with Gasteiger partial charge in [0.2, 0.25) is 0 Å². The summed E-state index contributed by atoms with van der Waals surface area (Å²) in [6, 6.07) is 13.2. The molecule has 0 bridgehead atoms. The van der Waals surface area contributed by atoms with Crippen LogP contribution in [0.5, 0.6) is 0 Å². The Balaban J connectivity index is 1.76. The van der Waals surface area contributed by atoms with Gasteiger partial charge in [-0.15, -0.1) is 0 Å². The average Bonchev–Trinajstić information content (AvgIpc) is 3.10. The molecule has 3 nitrogen and oxygen atoms in total. The molecule has 5 heteroatoms. The highest BCUT2D eigenvalue weighted by atomic mass is 79.9. The van der Waals surface area contributed by atoms with Gasteiger partial charge in [-0.25, -0.2) is 4.39 Å². The van der Waals surface area contributed by atoms with Gasteiger partial charge in [0, 0.05) is 15.6 Å². The summed E-state index contributed by atoms with van der Waals surface area (Å²) in [6.07, 6.45) is 2.75. The molecule has 3 rings (SSSR count). The Morgan fingerprint density at radius 3 is 2.48 bits per heavy atom. The Morgan fingerprint density at radius 1 is 1.08 bits per heavy atom. The highest BCUT2D eigenvalue weighted by Gasteiger charge is 2.45. The van der Waals surface area contributed by atoms with E-state index in [1.54, 1.807) is 36.4 Å². The summed E-state index contributed by atoms with van der Waals surface area (Å²) in [5.41, 5.74) is -0.149. The first-order valence-corrected chi connectivity index (χ1v) is 9.03. The summed E-state index contributed by atoms with van der Waals surface area (Å²) in [5.74, 6) is -1.20. The number of rotatable bonds is 5. The quantitative estimate of drug-likeness (QED) is 0.529. The number of benzene rings is 2. The van der Waals surface area contributed by atoms with Gasteiger partial charge in [0.05, 0.1) is 5.41 Å². The van der Waals surface area contributed by atoms with Gasteiger partial charge in [-0.1, -0.05) is 59.1 Å². The van der Waals surface area contributed by atoms with E-state index in [0.717, 1.165) is 17.3 Å². The van der Waals surface area contributed by atoms with Gasteiger partial charge in [0.1, 0.15) is 5.82 Å². The molecule has 0 saturated heterocycles. The second-order valence-corrected chi connectivity index (χ2v) is 7.19. The van der Waals surface area contributed by atoms with Gasteiger partial charge < -0.3 is 4.74 Å². The minimum atomic E-state index is -0.983. The molecule has 1 saturated carbocycles. The summed E-state index contributed by atoms with van der Waals surface area (Å²) < 4.78 is 20.4. The Labute approximate surface area is 154 Å². The van der Waals surface area contributed by atoms with E-state index in [1.165, 1.54) is 6.07 Å². The van der Waals surface area contributed by atoms with Crippen LogP contribution in [0.25, 0.3) is 0 Å². The number of Topliss-reactive ketones (excluding diaryl/α,β-unsaturated/α-hetero) is 1. The molecule has 1 fully saturated rings. The van der Waals surface area contributed by atoms with Crippen LogP contribution in [-0.2, 0) is 14.9 Å². The molecular weight excluding hydrogens is 387 g/mol. The average molecular weight is 405 g/mol. The molecule has 0 atom stereocenters. The maximum absolute atomic E-state index is 14.3. The third-order valence-corrected chi connectivity index (χ3v) is 5.21. The van der Waals surface area contributed by atoms with E-state index in [-0.39, 0.29) is 12.4 Å². The maximum atomic E-state index is 14.3. The molecular formula is C20H18BrFO3. The van der Waals surface area contributed by atoms with E-state index in [9.17, 15) is 14.0 Å². The van der Waals surface area contributed by atoms with Crippen molar-refractivity contribution >= 4 is 27.7 Å². The van der Waals surface area contributed by atoms with Gasteiger partial charge in [-0.2, -0.15) is 0 Å². The minimum Gasteiger partial charge on any atom is -0.457 e. The fourth-order valence-electron chi connectivity index (χ4n) is 3.43. The van der Waals surface area contributed by atoms with Crippen LogP contribution < -0.4 is 0 Å². The summed E-state index contributed by atoms with van der Waals surface area (Å²) in [7, 11) is 0. The number of esters is 1. The smallest absolute Gasteiger partial charge is 0.317 e. The Hall–Kier alpha value is -2.01. The largest absolute Gasteiger partial charge is 0.457 e. The summed E-state index contributed by atoms with van der Waals surface area (Å²) in [4.78, 5) is 25.0. The third-order valence-electron chi connectivity index (χ3n) is 4.72. The predicted octanol–water partition coefficient (Wildman–Crippen LogP) is 4.83. The fraction of sp³-hybridized carbons (Fsp3) is 0.300. The zero-order valence-electron chi connectivity index (χ0n) is 13.6. The van der Waals surface area contributed by atoms with Crippen molar-refractivity contribution in [1.82, 2.24) is 0 Å². The van der Waals surface area contributed by atoms with E-state index in [1.807, 2.05) is 6.07 Å². The Bertz CT molecular complexity index is 797. The van der Waals surface area contributed by atoms with Crippen LogP contribution in [0.3, 0.4) is 0 Å². The topological polar surface area (TPSA) is 43.4 Å². The highest BCUT2D eigenvalue weighted by Crippen LogP contribution is 2.43. The molecule has 0 unspecified atom stereocenters. The van der Waals surface area contributed by atoms with Crippen LogP contribution in [0.15, 0.2) is 53.0 Å². The lowest BCUT2D eigenvalue weighted by Gasteiger charge is -2.27. The van der Waals surface area contributed by atoms with E-state index in [4.69, 9.17) is 4.74 Å². The number of carbonyl (C=O) groups excluding carboxylic acids is 2. The molecule has 1 aliphatic carbocycles. The molecule has 0 spiro atoms. The van der Waals surface area contributed by atoms with Crippen LogP contribution in [0.4, 0.5) is 4.39 Å². The van der Waals surface area contributed by atoms with Crippen molar-refractivity contribution in [2.45, 2.75) is 31.1 Å². The molecule has 0 aliphatic heterocycles. The van der Waals surface area contributed by atoms with Crippen molar-refractivity contribution in [3.63, 3.8) is 0 Å². The molecule has 0 aromatic heterocycles. The lowest BCUT2D eigenvalue weighted by molar-refractivity contribution is -0.149. The molecule has 2 aromatic carbocycles. The lowest BCUT2D eigenvalue weighted by atomic mass is 9.78. The molecule has 0 heterocycles. The van der Waals surface area contributed by atoms with Crippen LogP contribution in [0.2, 0.25) is 0 Å². The number of halogens is 2. The van der Waals surface area contributed by atoms with Gasteiger partial charge >= 0.3 is 5.97 Å². The highest BCUT2D eigenvalue weighted by molar-refractivity contribution is 9.10. The molecule has 25 heavy (non-hydrogen) atoms. The number of ether oxygens (including phenoxy) is 1. The molecule has 0 amide bonds. The normalized spacial score (nSPS) is 15.8. The first kappa shape index (κ1) is 17.8. The van der Waals surface area contributed by atoms with E-state index < -0.39 is 17.2 Å². The molecule has 1 aliphatic rings. The maximum Gasteiger partial charge on any atom is 0.317 e. The van der Waals surface area contributed by atoms with Gasteiger partial charge in [0.25, 0.3) is 0 Å². The monoisotopic (exact) mass is 404 g/mol. The van der Waals surface area contributed by atoms with Crippen molar-refractivity contribution in [2.75, 3.05) is 6.61 Å². The number of carbonyl (C=O) groups is 2. The first-order chi connectivity index (χ1) is 12.0. The number of hydrogen-bond acceptors (Lipinski definition) is 3. The Kier molecular flexibility index (Phi) is 5.33. The first-order valence-electron chi connectivity index (χ1n) is 8.24.